The summed E-state index contributed by atoms with van der Waals surface area (Å²) in [5.74, 6) is 0.413. The molecule has 0 radical (unpaired) electrons. The van der Waals surface area contributed by atoms with E-state index in [1.165, 1.54) is 0 Å². The standard InChI is InChI=1S/C8H13NO/c1-9(2)7-5-3-4-6-8(7)10/h4,6,10H,3,5H2,1-2H3. The van der Waals surface area contributed by atoms with Crippen LogP contribution in [0.4, 0.5) is 0 Å². The molecular formula is C8H13NO. The first-order chi connectivity index (χ1) is 4.72. The predicted molar refractivity (Wildman–Crippen MR) is 41.7 cm³/mol. The molecule has 2 nitrogen and oxygen atoms in total. The summed E-state index contributed by atoms with van der Waals surface area (Å²) in [6.45, 7) is 0. The molecule has 0 amide bonds. The number of allylic oxidation sites excluding steroid dienone is 3. The van der Waals surface area contributed by atoms with Gasteiger partial charge in [-0.3, -0.25) is 0 Å². The highest BCUT2D eigenvalue weighted by Gasteiger charge is 2.07. The highest BCUT2D eigenvalue weighted by Crippen LogP contribution is 2.17. The summed E-state index contributed by atoms with van der Waals surface area (Å²) >= 11 is 0. The van der Waals surface area contributed by atoms with Crippen LogP contribution in [0.3, 0.4) is 0 Å². The van der Waals surface area contributed by atoms with Crippen LogP contribution in [0.15, 0.2) is 23.6 Å². The lowest BCUT2D eigenvalue weighted by Gasteiger charge is -2.19. The molecular weight excluding hydrogens is 126 g/mol. The first kappa shape index (κ1) is 7.19. The second kappa shape index (κ2) is 2.78. The van der Waals surface area contributed by atoms with Crippen molar-refractivity contribution in [3.05, 3.63) is 23.6 Å². The minimum Gasteiger partial charge on any atom is -0.506 e. The van der Waals surface area contributed by atoms with Gasteiger partial charge in [-0.05, 0) is 18.9 Å². The Labute approximate surface area is 61.5 Å². The maximum Gasteiger partial charge on any atom is 0.134 e. The van der Waals surface area contributed by atoms with E-state index in [9.17, 15) is 5.11 Å². The fourth-order valence-corrected chi connectivity index (χ4v) is 1.09. The number of hydrogen-bond donors (Lipinski definition) is 1. The molecule has 2 heteroatoms. The van der Waals surface area contributed by atoms with Crippen LogP contribution in [0.2, 0.25) is 0 Å². The van der Waals surface area contributed by atoms with Crippen LogP contribution >= 0.6 is 0 Å². The average Bonchev–Trinajstić information content (AvgIpc) is 1.88. The molecule has 0 saturated carbocycles. The molecule has 0 bridgehead atoms. The van der Waals surface area contributed by atoms with Crippen LogP contribution in [-0.2, 0) is 0 Å². The Hall–Kier alpha value is -0.920. The molecule has 0 heterocycles. The van der Waals surface area contributed by atoms with Crippen molar-refractivity contribution in [3.8, 4) is 0 Å². The number of rotatable bonds is 1. The van der Waals surface area contributed by atoms with E-state index in [4.69, 9.17) is 0 Å². The van der Waals surface area contributed by atoms with E-state index in [2.05, 4.69) is 0 Å². The predicted octanol–water partition coefficient (Wildman–Crippen LogP) is 1.67. The third kappa shape index (κ3) is 1.32. The highest BCUT2D eigenvalue weighted by molar-refractivity contribution is 5.21. The molecule has 1 aliphatic carbocycles. The maximum atomic E-state index is 9.29. The van der Waals surface area contributed by atoms with Crippen molar-refractivity contribution in [2.24, 2.45) is 0 Å². The summed E-state index contributed by atoms with van der Waals surface area (Å²) in [7, 11) is 3.90. The fourth-order valence-electron chi connectivity index (χ4n) is 1.09. The molecule has 0 fully saturated rings. The quantitative estimate of drug-likeness (QED) is 0.597. The molecule has 0 aliphatic heterocycles. The van der Waals surface area contributed by atoms with E-state index in [1.54, 1.807) is 6.08 Å². The summed E-state index contributed by atoms with van der Waals surface area (Å²) in [4.78, 5) is 1.96. The van der Waals surface area contributed by atoms with Gasteiger partial charge in [0.2, 0.25) is 0 Å². The second-order valence-electron chi connectivity index (χ2n) is 2.67. The van der Waals surface area contributed by atoms with Crippen molar-refractivity contribution in [1.82, 2.24) is 4.90 Å². The van der Waals surface area contributed by atoms with Crippen molar-refractivity contribution >= 4 is 0 Å². The molecule has 0 atom stereocenters. The molecule has 1 rings (SSSR count). The Balaban J connectivity index is 2.79. The Kier molecular flexibility index (Phi) is 2.00. The topological polar surface area (TPSA) is 23.5 Å². The summed E-state index contributed by atoms with van der Waals surface area (Å²) in [5, 5.41) is 9.29. The fraction of sp³-hybridized carbons (Fsp3) is 0.500. The van der Waals surface area contributed by atoms with Gasteiger partial charge >= 0.3 is 0 Å². The molecule has 1 N–H and O–H groups in total. The Morgan fingerprint density at radius 2 is 2.20 bits per heavy atom. The third-order valence-electron chi connectivity index (χ3n) is 1.66. The Morgan fingerprint density at radius 3 is 2.60 bits per heavy atom. The molecule has 0 aromatic rings. The molecule has 0 aromatic carbocycles. The summed E-state index contributed by atoms with van der Waals surface area (Å²) in [6, 6.07) is 0. The van der Waals surface area contributed by atoms with Gasteiger partial charge in [-0.15, -0.1) is 0 Å². The van der Waals surface area contributed by atoms with E-state index in [0.717, 1.165) is 18.5 Å². The summed E-state index contributed by atoms with van der Waals surface area (Å²) in [5.41, 5.74) is 1.03. The van der Waals surface area contributed by atoms with Gasteiger partial charge in [-0.25, -0.2) is 0 Å². The van der Waals surface area contributed by atoms with Crippen molar-refractivity contribution in [2.45, 2.75) is 12.8 Å². The van der Waals surface area contributed by atoms with Crippen LogP contribution < -0.4 is 0 Å². The minimum atomic E-state index is 0.413. The van der Waals surface area contributed by atoms with Crippen molar-refractivity contribution in [2.75, 3.05) is 14.1 Å². The Morgan fingerprint density at radius 1 is 1.50 bits per heavy atom. The number of nitrogens with zero attached hydrogens (tertiary/aromatic N) is 1. The van der Waals surface area contributed by atoms with Crippen molar-refractivity contribution in [1.29, 1.82) is 0 Å². The molecule has 0 saturated heterocycles. The lowest BCUT2D eigenvalue weighted by atomic mass is 10.1. The SMILES string of the molecule is CN(C)C1=C(O)C=CCC1. The van der Waals surface area contributed by atoms with Gasteiger partial charge in [0, 0.05) is 14.1 Å². The number of aliphatic hydroxyl groups excluding tert-OH is 1. The van der Waals surface area contributed by atoms with Crippen LogP contribution in [0.25, 0.3) is 0 Å². The van der Waals surface area contributed by atoms with E-state index in [0.29, 0.717) is 5.76 Å². The van der Waals surface area contributed by atoms with E-state index < -0.39 is 0 Å². The first-order valence-corrected chi connectivity index (χ1v) is 3.48. The van der Waals surface area contributed by atoms with Crippen LogP contribution in [0.1, 0.15) is 12.8 Å². The zero-order chi connectivity index (χ0) is 7.56. The smallest absolute Gasteiger partial charge is 0.134 e. The van der Waals surface area contributed by atoms with Gasteiger partial charge in [0.1, 0.15) is 5.76 Å². The third-order valence-corrected chi connectivity index (χ3v) is 1.66. The second-order valence-corrected chi connectivity index (χ2v) is 2.67. The zero-order valence-electron chi connectivity index (χ0n) is 6.46. The molecule has 0 spiro atoms. The van der Waals surface area contributed by atoms with E-state index in [-0.39, 0.29) is 0 Å². The molecule has 0 unspecified atom stereocenters. The van der Waals surface area contributed by atoms with E-state index in [1.807, 2.05) is 25.1 Å². The lowest BCUT2D eigenvalue weighted by Crippen LogP contribution is -2.14. The molecule has 56 valence electrons. The largest absolute Gasteiger partial charge is 0.506 e. The Bertz CT molecular complexity index is 180. The normalized spacial score (nSPS) is 17.8. The summed E-state index contributed by atoms with van der Waals surface area (Å²) in [6.07, 6.45) is 5.74. The summed E-state index contributed by atoms with van der Waals surface area (Å²) < 4.78 is 0. The minimum absolute atomic E-state index is 0.413. The molecule has 10 heavy (non-hydrogen) atoms. The van der Waals surface area contributed by atoms with Crippen LogP contribution in [0, 0.1) is 0 Å². The van der Waals surface area contributed by atoms with E-state index >= 15 is 0 Å². The lowest BCUT2D eigenvalue weighted by molar-refractivity contribution is 0.372. The average molecular weight is 139 g/mol. The van der Waals surface area contributed by atoms with Crippen molar-refractivity contribution < 1.29 is 5.11 Å². The van der Waals surface area contributed by atoms with Gasteiger partial charge in [0.15, 0.2) is 0 Å². The van der Waals surface area contributed by atoms with Gasteiger partial charge in [-0.2, -0.15) is 0 Å². The maximum absolute atomic E-state index is 9.29. The van der Waals surface area contributed by atoms with Gasteiger partial charge < -0.3 is 10.0 Å². The van der Waals surface area contributed by atoms with Gasteiger partial charge in [-0.1, -0.05) is 6.08 Å². The van der Waals surface area contributed by atoms with Gasteiger partial charge in [0.25, 0.3) is 0 Å². The van der Waals surface area contributed by atoms with Gasteiger partial charge in [0.05, 0.1) is 5.70 Å². The first-order valence-electron chi connectivity index (χ1n) is 3.48. The number of aliphatic hydroxyl groups is 1. The van der Waals surface area contributed by atoms with Crippen molar-refractivity contribution in [3.63, 3.8) is 0 Å². The molecule has 1 aliphatic rings. The monoisotopic (exact) mass is 139 g/mol. The number of hydrogen-bond acceptors (Lipinski definition) is 2. The van der Waals surface area contributed by atoms with Crippen LogP contribution in [0.5, 0.6) is 0 Å². The zero-order valence-corrected chi connectivity index (χ0v) is 6.46. The highest BCUT2D eigenvalue weighted by atomic mass is 16.3. The molecule has 0 aromatic heterocycles. The van der Waals surface area contributed by atoms with Crippen LogP contribution in [-0.4, -0.2) is 24.1 Å².